The number of methoxy groups -OCH3 is 2. The number of aromatic nitrogens is 2. The summed E-state index contributed by atoms with van der Waals surface area (Å²) in [5.41, 5.74) is 3.07. The van der Waals surface area contributed by atoms with E-state index in [1.54, 1.807) is 19.2 Å². The number of imidazole rings is 1. The van der Waals surface area contributed by atoms with E-state index in [4.69, 9.17) is 9.47 Å². The Kier molecular flexibility index (Phi) is 4.09. The van der Waals surface area contributed by atoms with E-state index in [0.29, 0.717) is 5.56 Å². The van der Waals surface area contributed by atoms with Crippen LogP contribution in [-0.2, 0) is 11.8 Å². The van der Waals surface area contributed by atoms with Gasteiger partial charge in [-0.15, -0.1) is 0 Å². The van der Waals surface area contributed by atoms with E-state index in [1.807, 2.05) is 35.9 Å². The number of aryl methyl sites for hydroxylation is 1. The summed E-state index contributed by atoms with van der Waals surface area (Å²) >= 11 is 3.55. The first kappa shape index (κ1) is 15.6. The molecule has 23 heavy (non-hydrogen) atoms. The van der Waals surface area contributed by atoms with E-state index in [0.717, 1.165) is 32.6 Å². The van der Waals surface area contributed by atoms with E-state index in [2.05, 4.69) is 20.9 Å². The molecule has 0 amide bonds. The summed E-state index contributed by atoms with van der Waals surface area (Å²) in [5.74, 6) is 1.17. The third-order valence-corrected chi connectivity index (χ3v) is 4.41. The van der Waals surface area contributed by atoms with Gasteiger partial charge in [0.2, 0.25) is 0 Å². The van der Waals surface area contributed by atoms with E-state index in [9.17, 15) is 4.79 Å². The number of carbonyl (C=O) groups excluding carboxylic acids is 1. The summed E-state index contributed by atoms with van der Waals surface area (Å²) in [6, 6.07) is 11.1. The van der Waals surface area contributed by atoms with Crippen LogP contribution in [0.2, 0.25) is 0 Å². The van der Waals surface area contributed by atoms with Crippen LogP contribution < -0.4 is 4.74 Å². The van der Waals surface area contributed by atoms with Gasteiger partial charge in [0, 0.05) is 17.1 Å². The molecule has 5 nitrogen and oxygen atoms in total. The molecular weight excluding hydrogens is 360 g/mol. The molecule has 0 spiro atoms. The zero-order valence-electron chi connectivity index (χ0n) is 13.0. The number of benzene rings is 2. The van der Waals surface area contributed by atoms with Gasteiger partial charge in [0.1, 0.15) is 11.6 Å². The number of rotatable bonds is 3. The topological polar surface area (TPSA) is 53.4 Å². The van der Waals surface area contributed by atoms with Crippen molar-refractivity contribution in [1.29, 1.82) is 0 Å². The number of nitrogens with zero attached hydrogens (tertiary/aromatic N) is 2. The van der Waals surface area contributed by atoms with Gasteiger partial charge in [-0.25, -0.2) is 9.78 Å². The summed E-state index contributed by atoms with van der Waals surface area (Å²) in [6.45, 7) is 0. The lowest BCUT2D eigenvalue weighted by Crippen LogP contribution is -2.00. The van der Waals surface area contributed by atoms with Crippen molar-refractivity contribution in [2.24, 2.45) is 7.05 Å². The quantitative estimate of drug-likeness (QED) is 0.654. The molecule has 0 saturated carbocycles. The van der Waals surface area contributed by atoms with Crippen LogP contribution in [0.15, 0.2) is 40.9 Å². The normalized spacial score (nSPS) is 10.8. The van der Waals surface area contributed by atoms with Crippen LogP contribution in [0.3, 0.4) is 0 Å². The van der Waals surface area contributed by atoms with Gasteiger partial charge >= 0.3 is 5.97 Å². The summed E-state index contributed by atoms with van der Waals surface area (Å²) < 4.78 is 13.0. The minimum Gasteiger partial charge on any atom is -0.497 e. The molecule has 0 saturated heterocycles. The molecule has 1 heterocycles. The highest BCUT2D eigenvalue weighted by Crippen LogP contribution is 2.33. The maximum Gasteiger partial charge on any atom is 0.337 e. The number of hydrogen-bond donors (Lipinski definition) is 0. The zero-order valence-corrected chi connectivity index (χ0v) is 14.5. The Morgan fingerprint density at radius 2 is 1.96 bits per heavy atom. The molecule has 6 heteroatoms. The molecule has 0 aliphatic rings. The third kappa shape index (κ3) is 2.70. The van der Waals surface area contributed by atoms with E-state index in [1.165, 1.54) is 7.11 Å². The lowest BCUT2D eigenvalue weighted by molar-refractivity contribution is 0.0601. The van der Waals surface area contributed by atoms with Crippen LogP contribution in [0.1, 0.15) is 10.4 Å². The molecule has 3 rings (SSSR count). The first-order valence-electron chi connectivity index (χ1n) is 6.94. The van der Waals surface area contributed by atoms with Crippen LogP contribution in [0.25, 0.3) is 22.4 Å². The van der Waals surface area contributed by atoms with Gasteiger partial charge in [-0.3, -0.25) is 0 Å². The van der Waals surface area contributed by atoms with Crippen LogP contribution in [-0.4, -0.2) is 29.7 Å². The second kappa shape index (κ2) is 6.04. The van der Waals surface area contributed by atoms with Crippen molar-refractivity contribution in [2.75, 3.05) is 14.2 Å². The highest BCUT2D eigenvalue weighted by atomic mass is 79.9. The van der Waals surface area contributed by atoms with Gasteiger partial charge in [-0.05, 0) is 36.4 Å². The Labute approximate surface area is 142 Å². The average Bonchev–Trinajstić information content (AvgIpc) is 2.90. The largest absolute Gasteiger partial charge is 0.497 e. The van der Waals surface area contributed by atoms with Crippen LogP contribution in [0.4, 0.5) is 0 Å². The maximum atomic E-state index is 11.7. The van der Waals surface area contributed by atoms with Gasteiger partial charge in [-0.2, -0.15) is 0 Å². The number of fused-ring (bicyclic) bond motifs is 1. The minimum absolute atomic E-state index is 0.373. The van der Waals surface area contributed by atoms with Gasteiger partial charge in [0.25, 0.3) is 0 Å². The highest BCUT2D eigenvalue weighted by molar-refractivity contribution is 9.10. The number of hydrogen-bond acceptors (Lipinski definition) is 4. The number of esters is 1. The van der Waals surface area contributed by atoms with E-state index < -0.39 is 0 Å². The monoisotopic (exact) mass is 374 g/mol. The fourth-order valence-corrected chi connectivity index (χ4v) is 2.91. The smallest absolute Gasteiger partial charge is 0.337 e. The van der Waals surface area contributed by atoms with Crippen LogP contribution in [0, 0.1) is 0 Å². The SMILES string of the molecule is COC(=O)c1ccc2c(c1)nc(-c1cc(OC)ccc1Br)n2C. The van der Waals surface area contributed by atoms with Crippen LogP contribution >= 0.6 is 15.9 Å². The predicted octanol–water partition coefficient (Wildman–Crippen LogP) is 3.80. The van der Waals surface area contributed by atoms with Gasteiger partial charge in [-0.1, -0.05) is 15.9 Å². The molecule has 1 aromatic heterocycles. The first-order chi connectivity index (χ1) is 11.0. The Morgan fingerprint density at radius 3 is 2.65 bits per heavy atom. The fraction of sp³-hybridized carbons (Fsp3) is 0.176. The molecule has 0 radical (unpaired) electrons. The van der Waals surface area contributed by atoms with Gasteiger partial charge in [0.15, 0.2) is 0 Å². The van der Waals surface area contributed by atoms with Crippen molar-refractivity contribution < 1.29 is 14.3 Å². The molecule has 0 bridgehead atoms. The lowest BCUT2D eigenvalue weighted by Gasteiger charge is -2.07. The first-order valence-corrected chi connectivity index (χ1v) is 7.73. The Bertz CT molecular complexity index is 902. The minimum atomic E-state index is -0.373. The summed E-state index contributed by atoms with van der Waals surface area (Å²) in [4.78, 5) is 16.3. The Morgan fingerprint density at radius 1 is 1.17 bits per heavy atom. The lowest BCUT2D eigenvalue weighted by atomic mass is 10.2. The number of halogens is 1. The van der Waals surface area contributed by atoms with Crippen molar-refractivity contribution in [3.63, 3.8) is 0 Å². The standard InChI is InChI=1S/C17H15BrN2O3/c1-20-15-7-4-10(17(21)23-3)8-14(15)19-16(20)12-9-11(22-2)5-6-13(12)18/h4-9H,1-3H3. The summed E-state index contributed by atoms with van der Waals surface area (Å²) in [7, 11) is 4.93. The van der Waals surface area contributed by atoms with Crippen molar-refractivity contribution in [1.82, 2.24) is 9.55 Å². The summed E-state index contributed by atoms with van der Waals surface area (Å²) in [6.07, 6.45) is 0. The van der Waals surface area contributed by atoms with Crippen LogP contribution in [0.5, 0.6) is 5.75 Å². The Hall–Kier alpha value is -2.34. The van der Waals surface area contributed by atoms with Crippen molar-refractivity contribution >= 4 is 32.9 Å². The van der Waals surface area contributed by atoms with E-state index in [-0.39, 0.29) is 5.97 Å². The molecule has 3 aromatic rings. The molecule has 0 atom stereocenters. The molecular formula is C17H15BrN2O3. The molecule has 0 aliphatic heterocycles. The molecule has 0 fully saturated rings. The molecule has 118 valence electrons. The summed E-state index contributed by atoms with van der Waals surface area (Å²) in [5, 5.41) is 0. The zero-order chi connectivity index (χ0) is 16.6. The Balaban J connectivity index is 2.19. The van der Waals surface area contributed by atoms with Gasteiger partial charge in [0.05, 0.1) is 30.8 Å². The molecule has 2 aromatic carbocycles. The van der Waals surface area contributed by atoms with Crippen molar-refractivity contribution in [3.8, 4) is 17.1 Å². The average molecular weight is 375 g/mol. The fourth-order valence-electron chi connectivity index (χ4n) is 2.49. The second-order valence-electron chi connectivity index (χ2n) is 5.04. The predicted molar refractivity (Wildman–Crippen MR) is 91.7 cm³/mol. The van der Waals surface area contributed by atoms with E-state index >= 15 is 0 Å². The second-order valence-corrected chi connectivity index (χ2v) is 5.89. The highest BCUT2D eigenvalue weighted by Gasteiger charge is 2.15. The molecule has 0 N–H and O–H groups in total. The number of ether oxygens (including phenoxy) is 2. The molecule has 0 aliphatic carbocycles. The third-order valence-electron chi connectivity index (χ3n) is 3.72. The maximum absolute atomic E-state index is 11.7. The van der Waals surface area contributed by atoms with Gasteiger partial charge < -0.3 is 14.0 Å². The number of carbonyl (C=O) groups is 1. The van der Waals surface area contributed by atoms with Crippen molar-refractivity contribution in [3.05, 3.63) is 46.4 Å². The molecule has 0 unspecified atom stereocenters. The van der Waals surface area contributed by atoms with Crippen molar-refractivity contribution in [2.45, 2.75) is 0 Å².